The van der Waals surface area contributed by atoms with Crippen LogP contribution >= 0.6 is 11.3 Å². The lowest BCUT2D eigenvalue weighted by molar-refractivity contribution is 1.47. The van der Waals surface area contributed by atoms with E-state index in [-0.39, 0.29) is 0 Å². The summed E-state index contributed by atoms with van der Waals surface area (Å²) in [5.74, 6) is 0. The van der Waals surface area contributed by atoms with Crippen LogP contribution in [0.1, 0.15) is 5.56 Å². The van der Waals surface area contributed by atoms with Gasteiger partial charge in [0.1, 0.15) is 0 Å². The van der Waals surface area contributed by atoms with E-state index in [0.29, 0.717) is 0 Å². The summed E-state index contributed by atoms with van der Waals surface area (Å²) < 4.78 is 2.73. The van der Waals surface area contributed by atoms with Crippen molar-refractivity contribution in [2.75, 3.05) is 0 Å². The lowest BCUT2D eigenvalue weighted by Crippen LogP contribution is -1.78. The van der Waals surface area contributed by atoms with Gasteiger partial charge in [0, 0.05) is 20.2 Å². The topological polar surface area (TPSA) is 0 Å². The quantitative estimate of drug-likeness (QED) is 0.397. The molecule has 0 nitrogen and oxygen atoms in total. The van der Waals surface area contributed by atoms with Gasteiger partial charge < -0.3 is 0 Å². The Morgan fingerprint density at radius 3 is 2.20 bits per heavy atom. The minimum atomic E-state index is 1.28. The van der Waals surface area contributed by atoms with Crippen LogP contribution in [0.5, 0.6) is 0 Å². The third-order valence-electron chi connectivity index (χ3n) is 3.76. The Kier molecular flexibility index (Phi) is 2.61. The monoisotopic (exact) mass is 274 g/mol. The Hall–Kier alpha value is -2.12. The summed E-state index contributed by atoms with van der Waals surface area (Å²) in [6.45, 7) is 2.12. The van der Waals surface area contributed by atoms with Gasteiger partial charge in [-0.3, -0.25) is 0 Å². The third kappa shape index (κ3) is 1.83. The van der Waals surface area contributed by atoms with Crippen LogP contribution in [0, 0.1) is 6.92 Å². The van der Waals surface area contributed by atoms with Crippen LogP contribution in [-0.4, -0.2) is 0 Å². The van der Waals surface area contributed by atoms with Crippen LogP contribution < -0.4 is 0 Å². The summed E-state index contributed by atoms with van der Waals surface area (Å²) in [6, 6.07) is 24.2. The molecule has 96 valence electrons. The Bertz CT molecular complexity index is 898. The molecule has 0 aliphatic heterocycles. The summed E-state index contributed by atoms with van der Waals surface area (Å²) in [7, 11) is 0. The lowest BCUT2D eigenvalue weighted by Gasteiger charge is -2.03. The summed E-state index contributed by atoms with van der Waals surface area (Å²) in [6.07, 6.45) is 0. The van der Waals surface area contributed by atoms with E-state index in [1.807, 2.05) is 11.3 Å². The number of thiophene rings is 1. The van der Waals surface area contributed by atoms with Crippen molar-refractivity contribution in [3.05, 3.63) is 72.3 Å². The summed E-state index contributed by atoms with van der Waals surface area (Å²) in [5.41, 5.74) is 3.88. The molecule has 0 unspecified atom stereocenters. The second-order valence-corrected chi connectivity index (χ2v) is 6.26. The van der Waals surface area contributed by atoms with Crippen LogP contribution in [0.25, 0.3) is 31.3 Å². The van der Waals surface area contributed by atoms with E-state index in [4.69, 9.17) is 0 Å². The van der Waals surface area contributed by atoms with Gasteiger partial charge in [-0.05, 0) is 36.2 Å². The molecule has 20 heavy (non-hydrogen) atoms. The first kappa shape index (κ1) is 11.7. The van der Waals surface area contributed by atoms with Crippen molar-refractivity contribution in [2.24, 2.45) is 0 Å². The Labute approximate surface area is 122 Å². The molecule has 0 amide bonds. The van der Waals surface area contributed by atoms with Gasteiger partial charge in [0.05, 0.1) is 0 Å². The molecule has 0 atom stereocenters. The predicted molar refractivity (Wildman–Crippen MR) is 89.5 cm³/mol. The van der Waals surface area contributed by atoms with E-state index in [9.17, 15) is 0 Å². The molecule has 0 spiro atoms. The first-order valence-corrected chi connectivity index (χ1v) is 7.61. The molecule has 0 aliphatic carbocycles. The molecule has 1 heteroatoms. The first-order valence-electron chi connectivity index (χ1n) is 6.79. The first-order chi connectivity index (χ1) is 9.81. The van der Waals surface area contributed by atoms with Crippen molar-refractivity contribution in [1.82, 2.24) is 0 Å². The van der Waals surface area contributed by atoms with Crippen molar-refractivity contribution in [2.45, 2.75) is 6.92 Å². The number of rotatable bonds is 1. The zero-order valence-corrected chi connectivity index (χ0v) is 12.1. The highest BCUT2D eigenvalue weighted by atomic mass is 32.1. The Morgan fingerprint density at radius 1 is 0.650 bits per heavy atom. The maximum Gasteiger partial charge on any atom is 0.0355 e. The average Bonchev–Trinajstić information content (AvgIpc) is 2.86. The van der Waals surface area contributed by atoms with E-state index in [0.717, 1.165) is 0 Å². The second-order valence-electron chi connectivity index (χ2n) is 5.18. The standard InChI is InChI=1S/C19H14S/c1-13-6-8-14(9-7-13)15-10-11-19-17(12-15)16-4-2-3-5-18(16)20-19/h2-12H,1H3. The molecule has 4 aromatic rings. The van der Waals surface area contributed by atoms with Crippen LogP contribution in [0.15, 0.2) is 66.7 Å². The molecule has 0 saturated heterocycles. The molecule has 1 aromatic heterocycles. The zero-order valence-electron chi connectivity index (χ0n) is 11.3. The fraction of sp³-hybridized carbons (Fsp3) is 0.0526. The SMILES string of the molecule is Cc1ccc(-c2ccc3sc4ccccc4c3c2)cc1. The average molecular weight is 274 g/mol. The van der Waals surface area contributed by atoms with Crippen molar-refractivity contribution in [3.8, 4) is 11.1 Å². The van der Waals surface area contributed by atoms with Crippen molar-refractivity contribution in [1.29, 1.82) is 0 Å². The largest absolute Gasteiger partial charge is 0.135 e. The minimum Gasteiger partial charge on any atom is -0.135 e. The highest BCUT2D eigenvalue weighted by Crippen LogP contribution is 2.36. The van der Waals surface area contributed by atoms with Gasteiger partial charge in [-0.2, -0.15) is 0 Å². The number of aryl methyl sites for hydroxylation is 1. The van der Waals surface area contributed by atoms with Gasteiger partial charge in [0.25, 0.3) is 0 Å². The molecule has 0 fully saturated rings. The highest BCUT2D eigenvalue weighted by Gasteiger charge is 2.06. The third-order valence-corrected chi connectivity index (χ3v) is 4.91. The van der Waals surface area contributed by atoms with Gasteiger partial charge in [-0.15, -0.1) is 11.3 Å². The second kappa shape index (κ2) is 4.46. The fourth-order valence-electron chi connectivity index (χ4n) is 2.65. The van der Waals surface area contributed by atoms with Gasteiger partial charge in [-0.1, -0.05) is 54.1 Å². The fourth-order valence-corrected chi connectivity index (χ4v) is 3.74. The molecule has 0 bridgehead atoms. The zero-order chi connectivity index (χ0) is 13.5. The molecule has 0 N–H and O–H groups in total. The van der Waals surface area contributed by atoms with Crippen LogP contribution in [0.2, 0.25) is 0 Å². The van der Waals surface area contributed by atoms with Crippen molar-refractivity contribution >= 4 is 31.5 Å². The van der Waals surface area contributed by atoms with Crippen LogP contribution in [-0.2, 0) is 0 Å². The molecule has 0 saturated carbocycles. The number of hydrogen-bond acceptors (Lipinski definition) is 1. The van der Waals surface area contributed by atoms with Gasteiger partial charge in [-0.25, -0.2) is 0 Å². The maximum absolute atomic E-state index is 2.32. The van der Waals surface area contributed by atoms with E-state index < -0.39 is 0 Å². The molecular weight excluding hydrogens is 260 g/mol. The smallest absolute Gasteiger partial charge is 0.0355 e. The van der Waals surface area contributed by atoms with Crippen molar-refractivity contribution in [3.63, 3.8) is 0 Å². The number of fused-ring (bicyclic) bond motifs is 3. The molecule has 0 radical (unpaired) electrons. The van der Waals surface area contributed by atoms with Crippen LogP contribution in [0.3, 0.4) is 0 Å². The van der Waals surface area contributed by atoms with Gasteiger partial charge in [0.2, 0.25) is 0 Å². The summed E-state index contributed by atoms with van der Waals surface area (Å²) in [4.78, 5) is 0. The molecular formula is C19H14S. The normalized spacial score (nSPS) is 11.2. The van der Waals surface area contributed by atoms with E-state index in [1.54, 1.807) is 0 Å². The van der Waals surface area contributed by atoms with Crippen LogP contribution in [0.4, 0.5) is 0 Å². The lowest BCUT2D eigenvalue weighted by atomic mass is 10.0. The molecule has 3 aromatic carbocycles. The molecule has 0 aliphatic rings. The Morgan fingerprint density at radius 2 is 1.35 bits per heavy atom. The maximum atomic E-state index is 2.32. The minimum absolute atomic E-state index is 1.28. The van der Waals surface area contributed by atoms with Gasteiger partial charge in [0.15, 0.2) is 0 Å². The summed E-state index contributed by atoms with van der Waals surface area (Å²) in [5, 5.41) is 2.73. The Balaban J connectivity index is 1.97. The van der Waals surface area contributed by atoms with E-state index >= 15 is 0 Å². The predicted octanol–water partition coefficient (Wildman–Crippen LogP) is 6.03. The van der Waals surface area contributed by atoms with E-state index in [1.165, 1.54) is 36.9 Å². The molecule has 4 rings (SSSR count). The van der Waals surface area contributed by atoms with E-state index in [2.05, 4.69) is 73.7 Å². The van der Waals surface area contributed by atoms with Gasteiger partial charge >= 0.3 is 0 Å². The number of hydrogen-bond donors (Lipinski definition) is 0. The summed E-state index contributed by atoms with van der Waals surface area (Å²) >= 11 is 1.87. The van der Waals surface area contributed by atoms with Crippen molar-refractivity contribution < 1.29 is 0 Å². The molecule has 1 heterocycles. The number of benzene rings is 3. The highest BCUT2D eigenvalue weighted by molar-refractivity contribution is 7.25.